The molecule has 1 fully saturated rings. The van der Waals surface area contributed by atoms with Crippen LogP contribution < -0.4 is 10.1 Å². The second kappa shape index (κ2) is 10.5. The molecule has 0 radical (unpaired) electrons. The Morgan fingerprint density at radius 3 is 2.81 bits per heavy atom. The number of aromatic nitrogens is 3. The smallest absolute Gasteiger partial charge is 0.194 e. The first-order valence-corrected chi connectivity index (χ1v) is 9.28. The minimum Gasteiger partial charge on any atom is -0.497 e. The van der Waals surface area contributed by atoms with Gasteiger partial charge in [-0.1, -0.05) is 6.92 Å². The number of hydrogen-bond acceptors (Lipinski definition) is 4. The van der Waals surface area contributed by atoms with Crippen molar-refractivity contribution in [2.75, 3.05) is 26.7 Å². The summed E-state index contributed by atoms with van der Waals surface area (Å²) in [4.78, 5) is 11.7. The maximum Gasteiger partial charge on any atom is 0.194 e. The lowest BCUT2D eigenvalue weighted by Gasteiger charge is -2.33. The summed E-state index contributed by atoms with van der Waals surface area (Å²) in [6.07, 6.45) is 2.51. The number of hydrogen-bond donors (Lipinski definition) is 2. The SMILES string of the molecule is CCNC(=NCc1nc(-c2ccc(OC)cc2)n[nH]1)N1CCCC(C)C1.I. The molecule has 2 N–H and O–H groups in total. The molecule has 0 bridgehead atoms. The Balaban J connectivity index is 0.00000261. The number of likely N-dealkylation sites (tertiary alicyclic amines) is 1. The first kappa shape index (κ1) is 21.5. The number of methoxy groups -OCH3 is 1. The lowest BCUT2D eigenvalue weighted by atomic mass is 10.0. The van der Waals surface area contributed by atoms with Crippen LogP contribution in [-0.2, 0) is 6.54 Å². The monoisotopic (exact) mass is 484 g/mol. The molecule has 2 aromatic rings. The van der Waals surface area contributed by atoms with E-state index in [9.17, 15) is 0 Å². The van der Waals surface area contributed by atoms with Crippen molar-refractivity contribution in [3.8, 4) is 17.1 Å². The number of halogens is 1. The van der Waals surface area contributed by atoms with Crippen LogP contribution in [-0.4, -0.2) is 52.8 Å². The topological polar surface area (TPSA) is 78.4 Å². The number of aliphatic imine (C=N–C) groups is 1. The second-order valence-corrected chi connectivity index (χ2v) is 6.70. The van der Waals surface area contributed by atoms with Crippen LogP contribution in [0.4, 0.5) is 0 Å². The minimum atomic E-state index is 0. The molecular weight excluding hydrogens is 455 g/mol. The summed E-state index contributed by atoms with van der Waals surface area (Å²) in [5.74, 6) is 3.92. The van der Waals surface area contributed by atoms with E-state index in [0.717, 1.165) is 42.7 Å². The average Bonchev–Trinajstić information content (AvgIpc) is 3.14. The fourth-order valence-electron chi connectivity index (χ4n) is 3.19. The Labute approximate surface area is 178 Å². The number of benzene rings is 1. The van der Waals surface area contributed by atoms with Gasteiger partial charge in [-0.3, -0.25) is 5.10 Å². The summed E-state index contributed by atoms with van der Waals surface area (Å²) in [7, 11) is 1.66. The molecule has 1 aromatic heterocycles. The molecule has 1 aliphatic rings. The molecule has 1 aliphatic heterocycles. The highest BCUT2D eigenvalue weighted by atomic mass is 127. The molecular formula is C19H29IN6O. The molecule has 148 valence electrons. The quantitative estimate of drug-likeness (QED) is 0.387. The van der Waals surface area contributed by atoms with Gasteiger partial charge in [0, 0.05) is 25.2 Å². The Bertz CT molecular complexity index is 730. The van der Waals surface area contributed by atoms with Crippen LogP contribution in [0.5, 0.6) is 5.75 Å². The molecule has 1 atom stereocenters. The maximum atomic E-state index is 5.19. The van der Waals surface area contributed by atoms with Gasteiger partial charge >= 0.3 is 0 Å². The largest absolute Gasteiger partial charge is 0.497 e. The summed E-state index contributed by atoms with van der Waals surface area (Å²) in [5, 5.41) is 10.7. The van der Waals surface area contributed by atoms with E-state index in [-0.39, 0.29) is 24.0 Å². The van der Waals surface area contributed by atoms with Gasteiger partial charge in [-0.15, -0.1) is 24.0 Å². The van der Waals surface area contributed by atoms with E-state index in [4.69, 9.17) is 9.73 Å². The molecule has 1 unspecified atom stereocenters. The minimum absolute atomic E-state index is 0. The van der Waals surface area contributed by atoms with E-state index in [0.29, 0.717) is 18.3 Å². The molecule has 1 saturated heterocycles. The van der Waals surface area contributed by atoms with E-state index in [1.807, 2.05) is 24.3 Å². The fraction of sp³-hybridized carbons (Fsp3) is 0.526. The van der Waals surface area contributed by atoms with Crippen molar-refractivity contribution in [1.29, 1.82) is 0 Å². The lowest BCUT2D eigenvalue weighted by molar-refractivity contribution is 0.266. The number of piperidine rings is 1. The second-order valence-electron chi connectivity index (χ2n) is 6.70. The number of guanidine groups is 1. The van der Waals surface area contributed by atoms with Crippen LogP contribution in [0.2, 0.25) is 0 Å². The lowest BCUT2D eigenvalue weighted by Crippen LogP contribution is -2.46. The predicted molar refractivity (Wildman–Crippen MR) is 119 cm³/mol. The Morgan fingerprint density at radius 1 is 1.37 bits per heavy atom. The highest BCUT2D eigenvalue weighted by molar-refractivity contribution is 14.0. The summed E-state index contributed by atoms with van der Waals surface area (Å²) < 4.78 is 5.19. The average molecular weight is 484 g/mol. The van der Waals surface area contributed by atoms with Gasteiger partial charge < -0.3 is 15.0 Å². The molecule has 7 nitrogen and oxygen atoms in total. The van der Waals surface area contributed by atoms with Gasteiger partial charge in [0.05, 0.1) is 7.11 Å². The van der Waals surface area contributed by atoms with E-state index < -0.39 is 0 Å². The first-order chi connectivity index (χ1) is 12.7. The van der Waals surface area contributed by atoms with Crippen molar-refractivity contribution < 1.29 is 4.74 Å². The van der Waals surface area contributed by atoms with Crippen molar-refractivity contribution in [1.82, 2.24) is 25.4 Å². The third-order valence-corrected chi connectivity index (χ3v) is 4.55. The van der Waals surface area contributed by atoms with Crippen molar-refractivity contribution in [3.63, 3.8) is 0 Å². The van der Waals surface area contributed by atoms with Crippen LogP contribution in [0.15, 0.2) is 29.3 Å². The van der Waals surface area contributed by atoms with Crippen LogP contribution >= 0.6 is 24.0 Å². The first-order valence-electron chi connectivity index (χ1n) is 9.28. The van der Waals surface area contributed by atoms with Gasteiger partial charge in [-0.2, -0.15) is 5.10 Å². The third kappa shape index (κ3) is 5.82. The number of H-pyrrole nitrogens is 1. The van der Waals surface area contributed by atoms with Crippen LogP contribution in [0, 0.1) is 5.92 Å². The zero-order chi connectivity index (χ0) is 18.4. The van der Waals surface area contributed by atoms with Crippen molar-refractivity contribution in [2.24, 2.45) is 10.9 Å². The highest BCUT2D eigenvalue weighted by Crippen LogP contribution is 2.19. The summed E-state index contributed by atoms with van der Waals surface area (Å²) in [6.45, 7) is 7.85. The van der Waals surface area contributed by atoms with Gasteiger partial charge in [-0.25, -0.2) is 9.98 Å². The molecule has 0 saturated carbocycles. The molecule has 3 rings (SSSR count). The van der Waals surface area contributed by atoms with Crippen LogP contribution in [0.25, 0.3) is 11.4 Å². The highest BCUT2D eigenvalue weighted by Gasteiger charge is 2.19. The van der Waals surface area contributed by atoms with Gasteiger partial charge in [0.1, 0.15) is 18.1 Å². The molecule has 2 heterocycles. The van der Waals surface area contributed by atoms with E-state index in [2.05, 4.69) is 39.2 Å². The van der Waals surface area contributed by atoms with Gasteiger partial charge in [0.2, 0.25) is 0 Å². The van der Waals surface area contributed by atoms with Crippen LogP contribution in [0.1, 0.15) is 32.5 Å². The fourth-order valence-corrected chi connectivity index (χ4v) is 3.19. The predicted octanol–water partition coefficient (Wildman–Crippen LogP) is 3.30. The molecule has 8 heteroatoms. The number of ether oxygens (including phenoxy) is 1. The van der Waals surface area contributed by atoms with E-state index in [1.54, 1.807) is 7.11 Å². The Kier molecular flexibility index (Phi) is 8.33. The van der Waals surface area contributed by atoms with Gasteiger partial charge in [0.25, 0.3) is 0 Å². The number of rotatable bonds is 5. The number of nitrogens with zero attached hydrogens (tertiary/aromatic N) is 4. The van der Waals surface area contributed by atoms with Crippen LogP contribution in [0.3, 0.4) is 0 Å². The number of nitrogens with one attached hydrogen (secondary N) is 2. The third-order valence-electron chi connectivity index (χ3n) is 4.55. The Hall–Kier alpha value is -1.84. The van der Waals surface area contributed by atoms with Crippen molar-refractivity contribution >= 4 is 29.9 Å². The summed E-state index contributed by atoms with van der Waals surface area (Å²) >= 11 is 0. The molecule has 0 spiro atoms. The molecule has 27 heavy (non-hydrogen) atoms. The zero-order valence-corrected chi connectivity index (χ0v) is 18.6. The van der Waals surface area contributed by atoms with Crippen molar-refractivity contribution in [2.45, 2.75) is 33.2 Å². The van der Waals surface area contributed by atoms with E-state index in [1.165, 1.54) is 12.8 Å². The van der Waals surface area contributed by atoms with Gasteiger partial charge in [0.15, 0.2) is 11.8 Å². The Morgan fingerprint density at radius 2 is 2.15 bits per heavy atom. The number of aromatic amines is 1. The molecule has 1 aromatic carbocycles. The van der Waals surface area contributed by atoms with Gasteiger partial charge in [-0.05, 0) is 49.9 Å². The standard InChI is InChI=1S/C19H28N6O.HI/c1-4-20-19(25-11-5-6-14(2)13-25)21-12-17-22-18(24-23-17)15-7-9-16(26-3)10-8-15;/h7-10,14H,4-6,11-13H2,1-3H3,(H,20,21)(H,22,23,24);1H. The molecule has 0 aliphatic carbocycles. The summed E-state index contributed by atoms with van der Waals surface area (Å²) in [6, 6.07) is 7.72. The van der Waals surface area contributed by atoms with Crippen molar-refractivity contribution in [3.05, 3.63) is 30.1 Å². The maximum absolute atomic E-state index is 5.19. The summed E-state index contributed by atoms with van der Waals surface area (Å²) in [5.41, 5.74) is 0.953. The van der Waals surface area contributed by atoms with E-state index >= 15 is 0 Å². The normalized spacial score (nSPS) is 17.4. The molecule has 0 amide bonds. The zero-order valence-electron chi connectivity index (χ0n) is 16.2.